The number of nitrogens with one attached hydrogen (secondary N) is 2. The molecule has 1 amide bonds. The van der Waals surface area contributed by atoms with E-state index in [0.29, 0.717) is 6.42 Å². The maximum absolute atomic E-state index is 11.2. The molecule has 17 heavy (non-hydrogen) atoms. The summed E-state index contributed by atoms with van der Waals surface area (Å²) in [6.07, 6.45) is 0.492. The molecule has 0 bridgehead atoms. The lowest BCUT2D eigenvalue weighted by Crippen LogP contribution is -2.42. The van der Waals surface area contributed by atoms with Crippen LogP contribution < -0.4 is 16.4 Å². The lowest BCUT2D eigenvalue weighted by molar-refractivity contribution is -0.115. The van der Waals surface area contributed by atoms with Gasteiger partial charge in [-0.2, -0.15) is 0 Å². The molecule has 4 nitrogen and oxygen atoms in total. The molecule has 0 spiro atoms. The number of carbonyl (C=O) groups is 1. The summed E-state index contributed by atoms with van der Waals surface area (Å²) in [6.45, 7) is 5.53. The number of carbonyl (C=O) groups excluding carboxylic acids is 1. The van der Waals surface area contributed by atoms with Gasteiger partial charge in [-0.25, -0.2) is 0 Å². The molecule has 0 aliphatic carbocycles. The van der Waals surface area contributed by atoms with Gasteiger partial charge in [0.05, 0.1) is 6.42 Å². The van der Waals surface area contributed by atoms with Crippen LogP contribution in [0.4, 0.5) is 5.69 Å². The third-order valence-electron chi connectivity index (χ3n) is 2.70. The molecule has 92 valence electrons. The molecule has 0 aromatic heterocycles. The maximum atomic E-state index is 11.2. The molecular formula is C13H19N3O. The van der Waals surface area contributed by atoms with E-state index in [1.54, 1.807) is 0 Å². The van der Waals surface area contributed by atoms with Crippen molar-refractivity contribution >= 4 is 11.6 Å². The van der Waals surface area contributed by atoms with Crippen molar-refractivity contribution in [2.45, 2.75) is 32.4 Å². The third kappa shape index (κ3) is 3.28. The van der Waals surface area contributed by atoms with Crippen LogP contribution in [-0.2, 0) is 17.8 Å². The Balaban J connectivity index is 1.95. The van der Waals surface area contributed by atoms with Crippen molar-refractivity contribution in [3.05, 3.63) is 29.3 Å². The monoisotopic (exact) mass is 233 g/mol. The average Bonchev–Trinajstić information content (AvgIpc) is 2.55. The lowest BCUT2D eigenvalue weighted by Gasteiger charge is -2.19. The number of rotatable bonds is 4. The number of hydrogen-bond acceptors (Lipinski definition) is 3. The van der Waals surface area contributed by atoms with Crippen LogP contribution in [0.5, 0.6) is 0 Å². The predicted octanol–water partition coefficient (Wildman–Crippen LogP) is 1.01. The van der Waals surface area contributed by atoms with Gasteiger partial charge in [-0.1, -0.05) is 12.1 Å². The number of hydrogen-bond donors (Lipinski definition) is 3. The zero-order valence-corrected chi connectivity index (χ0v) is 10.3. The number of anilines is 1. The average molecular weight is 233 g/mol. The van der Waals surface area contributed by atoms with E-state index in [1.165, 1.54) is 5.56 Å². The van der Waals surface area contributed by atoms with Crippen molar-refractivity contribution in [1.82, 2.24) is 5.32 Å². The van der Waals surface area contributed by atoms with Crippen LogP contribution in [0.1, 0.15) is 25.0 Å². The quantitative estimate of drug-likeness (QED) is 0.727. The second-order valence-electron chi connectivity index (χ2n) is 5.31. The molecule has 0 radical (unpaired) electrons. The Kier molecular flexibility index (Phi) is 3.17. The van der Waals surface area contributed by atoms with Gasteiger partial charge in [-0.05, 0) is 31.0 Å². The van der Waals surface area contributed by atoms with Gasteiger partial charge in [0.15, 0.2) is 0 Å². The molecule has 0 unspecified atom stereocenters. The second-order valence-corrected chi connectivity index (χ2v) is 5.31. The van der Waals surface area contributed by atoms with Crippen LogP contribution in [0.3, 0.4) is 0 Å². The molecule has 1 aromatic rings. The zero-order valence-electron chi connectivity index (χ0n) is 10.3. The van der Waals surface area contributed by atoms with E-state index in [-0.39, 0.29) is 11.4 Å². The van der Waals surface area contributed by atoms with Crippen molar-refractivity contribution in [2.75, 3.05) is 11.9 Å². The fourth-order valence-corrected chi connectivity index (χ4v) is 1.92. The second kappa shape index (κ2) is 4.47. The highest BCUT2D eigenvalue weighted by molar-refractivity contribution is 5.99. The highest BCUT2D eigenvalue weighted by Gasteiger charge is 2.17. The minimum absolute atomic E-state index is 0.0770. The summed E-state index contributed by atoms with van der Waals surface area (Å²) in [4.78, 5) is 11.2. The molecule has 1 aromatic carbocycles. The van der Waals surface area contributed by atoms with Crippen LogP contribution in [0.15, 0.2) is 18.2 Å². The maximum Gasteiger partial charge on any atom is 0.228 e. The van der Waals surface area contributed by atoms with E-state index in [4.69, 9.17) is 5.73 Å². The smallest absolute Gasteiger partial charge is 0.228 e. The SMILES string of the molecule is CC(C)(N)CNCc1ccc2c(c1)CC(=O)N2. The number of benzene rings is 1. The van der Waals surface area contributed by atoms with E-state index in [9.17, 15) is 4.79 Å². The summed E-state index contributed by atoms with van der Waals surface area (Å²) in [5, 5.41) is 6.14. The van der Waals surface area contributed by atoms with Gasteiger partial charge in [0.25, 0.3) is 0 Å². The van der Waals surface area contributed by atoms with Gasteiger partial charge < -0.3 is 16.4 Å². The number of fused-ring (bicyclic) bond motifs is 1. The Bertz CT molecular complexity index is 435. The van der Waals surface area contributed by atoms with E-state index in [1.807, 2.05) is 26.0 Å². The molecule has 0 saturated heterocycles. The standard InChI is InChI=1S/C13H19N3O/c1-13(2,14)8-15-7-9-3-4-11-10(5-9)6-12(17)16-11/h3-5,15H,6-8,14H2,1-2H3,(H,16,17). The molecule has 0 saturated carbocycles. The molecule has 1 aliphatic rings. The van der Waals surface area contributed by atoms with Crippen LogP contribution >= 0.6 is 0 Å². The van der Waals surface area contributed by atoms with E-state index in [0.717, 1.165) is 24.3 Å². The normalized spacial score (nSPS) is 14.6. The van der Waals surface area contributed by atoms with E-state index >= 15 is 0 Å². The fraction of sp³-hybridized carbons (Fsp3) is 0.462. The first-order valence-electron chi connectivity index (χ1n) is 5.85. The van der Waals surface area contributed by atoms with Gasteiger partial charge >= 0.3 is 0 Å². The van der Waals surface area contributed by atoms with Crippen molar-refractivity contribution in [3.63, 3.8) is 0 Å². The van der Waals surface area contributed by atoms with Crippen molar-refractivity contribution in [2.24, 2.45) is 5.73 Å². The molecule has 0 atom stereocenters. The van der Waals surface area contributed by atoms with Gasteiger partial charge in [-0.15, -0.1) is 0 Å². The molecule has 0 fully saturated rings. The number of nitrogens with two attached hydrogens (primary N) is 1. The third-order valence-corrected chi connectivity index (χ3v) is 2.70. The van der Waals surface area contributed by atoms with Crippen molar-refractivity contribution in [3.8, 4) is 0 Å². The van der Waals surface area contributed by atoms with Crippen molar-refractivity contribution < 1.29 is 4.79 Å². The molecule has 4 N–H and O–H groups in total. The Labute approximate surface area is 102 Å². The van der Waals surface area contributed by atoms with Crippen molar-refractivity contribution in [1.29, 1.82) is 0 Å². The van der Waals surface area contributed by atoms with Gasteiger partial charge in [0.1, 0.15) is 0 Å². The largest absolute Gasteiger partial charge is 0.326 e. The fourth-order valence-electron chi connectivity index (χ4n) is 1.92. The summed E-state index contributed by atoms with van der Waals surface area (Å²) in [7, 11) is 0. The van der Waals surface area contributed by atoms with Gasteiger partial charge in [-0.3, -0.25) is 4.79 Å². The van der Waals surface area contributed by atoms with Crippen LogP contribution in [-0.4, -0.2) is 18.0 Å². The van der Waals surface area contributed by atoms with Crippen LogP contribution in [0.2, 0.25) is 0 Å². The first-order valence-corrected chi connectivity index (χ1v) is 5.85. The van der Waals surface area contributed by atoms with Gasteiger partial charge in [0.2, 0.25) is 5.91 Å². The predicted molar refractivity (Wildman–Crippen MR) is 68.7 cm³/mol. The van der Waals surface area contributed by atoms with Gasteiger partial charge in [0, 0.05) is 24.3 Å². The minimum atomic E-state index is -0.200. The molecule has 1 aliphatic heterocycles. The molecule has 1 heterocycles. The first kappa shape index (κ1) is 12.1. The number of amides is 1. The lowest BCUT2D eigenvalue weighted by atomic mass is 10.1. The van der Waals surface area contributed by atoms with E-state index < -0.39 is 0 Å². The Morgan fingerprint density at radius 2 is 2.24 bits per heavy atom. The highest BCUT2D eigenvalue weighted by atomic mass is 16.1. The van der Waals surface area contributed by atoms with Crippen LogP contribution in [0.25, 0.3) is 0 Å². The highest BCUT2D eigenvalue weighted by Crippen LogP contribution is 2.23. The summed E-state index contributed by atoms with van der Waals surface area (Å²) in [5.74, 6) is 0.0770. The first-order chi connectivity index (χ1) is 7.94. The summed E-state index contributed by atoms with van der Waals surface area (Å²) >= 11 is 0. The summed E-state index contributed by atoms with van der Waals surface area (Å²) < 4.78 is 0. The van der Waals surface area contributed by atoms with E-state index in [2.05, 4.69) is 16.7 Å². The summed E-state index contributed by atoms with van der Waals surface area (Å²) in [6, 6.07) is 6.07. The molecule has 2 rings (SSSR count). The molecular weight excluding hydrogens is 214 g/mol. The summed E-state index contributed by atoms with van der Waals surface area (Å²) in [5.41, 5.74) is 8.90. The van der Waals surface area contributed by atoms with Crippen LogP contribution in [0, 0.1) is 0 Å². The Hall–Kier alpha value is -1.39. The zero-order chi connectivity index (χ0) is 12.5. The Morgan fingerprint density at radius 3 is 2.94 bits per heavy atom. The topological polar surface area (TPSA) is 67.1 Å². The minimum Gasteiger partial charge on any atom is -0.326 e. The molecule has 4 heteroatoms. The Morgan fingerprint density at radius 1 is 1.47 bits per heavy atom.